The van der Waals surface area contributed by atoms with Crippen LogP contribution in [-0.2, 0) is 26.0 Å². The molecule has 216 valence electrons. The lowest BCUT2D eigenvalue weighted by molar-refractivity contribution is -0.0769. The first-order valence-corrected chi connectivity index (χ1v) is 19.0. The average Bonchev–Trinajstić information content (AvgIpc) is 3.52. The number of aliphatic hydroxyl groups excluding tert-OH is 1. The minimum absolute atomic E-state index is 0.0881. The number of aromatic nitrogens is 2. The molecule has 9 nitrogen and oxygen atoms in total. The topological polar surface area (TPSA) is 103 Å². The van der Waals surface area contributed by atoms with Gasteiger partial charge in [0.1, 0.15) is 16.7 Å². The quantitative estimate of drug-likeness (QED) is 0.111. The van der Waals surface area contributed by atoms with Crippen molar-refractivity contribution in [3.63, 3.8) is 0 Å². The summed E-state index contributed by atoms with van der Waals surface area (Å²) in [5.74, 6) is 0.673. The molecule has 1 unspecified atom stereocenters. The monoisotopic (exact) mass is 623 g/mol. The Morgan fingerprint density at radius 2 is 1.88 bits per heavy atom. The van der Waals surface area contributed by atoms with Crippen LogP contribution in [0.3, 0.4) is 0 Å². The van der Waals surface area contributed by atoms with Crippen LogP contribution in [-0.4, -0.2) is 58.9 Å². The number of benzene rings is 2. The highest BCUT2D eigenvalue weighted by atomic mass is 35.5. The van der Waals surface area contributed by atoms with Crippen molar-refractivity contribution >= 4 is 57.8 Å². The molecule has 0 spiro atoms. The summed E-state index contributed by atoms with van der Waals surface area (Å²) in [5, 5.41) is 15.5. The molecule has 0 saturated heterocycles. The minimum atomic E-state index is -4.07. The summed E-state index contributed by atoms with van der Waals surface area (Å²) in [7, 11) is -2.51. The third kappa shape index (κ3) is 6.88. The minimum Gasteiger partial charge on any atom is -0.496 e. The summed E-state index contributed by atoms with van der Waals surface area (Å²) in [6.45, 7) is 7.22. The predicted molar refractivity (Wildman–Crippen MR) is 162 cm³/mol. The maximum Gasteiger partial charge on any atom is 0.277 e. The van der Waals surface area contributed by atoms with Crippen molar-refractivity contribution in [1.29, 1.82) is 0 Å². The van der Waals surface area contributed by atoms with E-state index in [1.54, 1.807) is 22.9 Å². The molecule has 0 aliphatic carbocycles. The Morgan fingerprint density at radius 1 is 1.12 bits per heavy atom. The Labute approximate surface area is 244 Å². The van der Waals surface area contributed by atoms with Gasteiger partial charge in [0.25, 0.3) is 10.0 Å². The van der Waals surface area contributed by atoms with Gasteiger partial charge >= 0.3 is 0 Å². The maximum atomic E-state index is 14.0. The molecule has 0 aliphatic heterocycles. The zero-order valence-electron chi connectivity index (χ0n) is 23.1. The van der Waals surface area contributed by atoms with Gasteiger partial charge in [0.2, 0.25) is 0 Å². The lowest BCUT2D eigenvalue weighted by atomic mass is 10.1. The van der Waals surface area contributed by atoms with Crippen LogP contribution in [0.25, 0.3) is 10.9 Å². The molecule has 4 aromatic rings. The van der Waals surface area contributed by atoms with E-state index in [0.29, 0.717) is 39.7 Å². The number of thiophene rings is 1. The van der Waals surface area contributed by atoms with Gasteiger partial charge in [-0.05, 0) is 41.9 Å². The third-order valence-corrected chi connectivity index (χ3v) is 11.4. The number of aliphatic hydroxyl groups is 1. The van der Waals surface area contributed by atoms with Crippen molar-refractivity contribution in [2.75, 3.05) is 31.9 Å². The van der Waals surface area contributed by atoms with Crippen LogP contribution >= 0.6 is 22.9 Å². The van der Waals surface area contributed by atoms with E-state index < -0.39 is 24.4 Å². The molecule has 4 rings (SSSR count). The SMILES string of the molecule is COc1cccc2c1c(N(COCC[Si](C)(C)C)S(=O)(=O)c1ccc(Cl)s1)nn2Cc1cccc(C(O)OC)c1. The van der Waals surface area contributed by atoms with Crippen LogP contribution in [0.2, 0.25) is 30.0 Å². The highest BCUT2D eigenvalue weighted by molar-refractivity contribution is 7.94. The normalized spacial score (nSPS) is 13.1. The van der Waals surface area contributed by atoms with Gasteiger partial charge in [0.05, 0.1) is 28.9 Å². The molecular weight excluding hydrogens is 590 g/mol. The van der Waals surface area contributed by atoms with E-state index in [-0.39, 0.29) is 16.8 Å². The Morgan fingerprint density at radius 3 is 2.52 bits per heavy atom. The third-order valence-electron chi connectivity index (χ3n) is 6.27. The smallest absolute Gasteiger partial charge is 0.277 e. The number of hydrogen-bond acceptors (Lipinski definition) is 8. The van der Waals surface area contributed by atoms with E-state index in [4.69, 9.17) is 30.9 Å². The van der Waals surface area contributed by atoms with Crippen LogP contribution in [0.1, 0.15) is 17.4 Å². The molecule has 40 heavy (non-hydrogen) atoms. The van der Waals surface area contributed by atoms with Crippen LogP contribution in [0.5, 0.6) is 5.75 Å². The Hall–Kier alpha value is -2.45. The van der Waals surface area contributed by atoms with E-state index in [2.05, 4.69) is 19.6 Å². The van der Waals surface area contributed by atoms with E-state index in [0.717, 1.165) is 22.9 Å². The molecule has 1 N–H and O–H groups in total. The molecule has 2 aromatic carbocycles. The van der Waals surface area contributed by atoms with Crippen molar-refractivity contribution in [2.24, 2.45) is 0 Å². The molecule has 1 atom stereocenters. The zero-order valence-corrected chi connectivity index (χ0v) is 26.5. The highest BCUT2D eigenvalue weighted by Crippen LogP contribution is 2.38. The van der Waals surface area contributed by atoms with Gasteiger partial charge in [0.15, 0.2) is 12.1 Å². The summed E-state index contributed by atoms with van der Waals surface area (Å²) in [6.07, 6.45) is -1.06. The number of halogens is 1. The molecule has 0 aliphatic rings. The largest absolute Gasteiger partial charge is 0.496 e. The fourth-order valence-corrected chi connectivity index (χ4v) is 7.77. The first-order valence-electron chi connectivity index (χ1n) is 12.6. The van der Waals surface area contributed by atoms with Gasteiger partial charge in [-0.15, -0.1) is 11.3 Å². The van der Waals surface area contributed by atoms with E-state index in [1.165, 1.54) is 24.6 Å². The molecule has 0 amide bonds. The molecule has 13 heteroatoms. The zero-order chi connectivity index (χ0) is 29.1. The number of fused-ring (bicyclic) bond motifs is 1. The number of rotatable bonds is 13. The maximum absolute atomic E-state index is 14.0. The molecule has 2 aromatic heterocycles. The van der Waals surface area contributed by atoms with E-state index in [1.807, 2.05) is 30.3 Å². The molecular formula is C27H34ClN3O6S2Si. The summed E-state index contributed by atoms with van der Waals surface area (Å²) >= 11 is 7.10. The molecule has 0 saturated carbocycles. The first-order chi connectivity index (χ1) is 18.9. The Kier molecular flexibility index (Phi) is 9.61. The van der Waals surface area contributed by atoms with Gasteiger partial charge in [0, 0.05) is 27.4 Å². The van der Waals surface area contributed by atoms with Crippen LogP contribution in [0.4, 0.5) is 5.82 Å². The van der Waals surface area contributed by atoms with Gasteiger partial charge in [-0.2, -0.15) is 5.10 Å². The summed E-state index contributed by atoms with van der Waals surface area (Å²) in [5.41, 5.74) is 2.13. The number of anilines is 1. The van der Waals surface area contributed by atoms with Gasteiger partial charge < -0.3 is 19.3 Å². The number of ether oxygens (including phenoxy) is 3. The van der Waals surface area contributed by atoms with Crippen molar-refractivity contribution in [2.45, 2.75) is 42.7 Å². The Balaban J connectivity index is 1.82. The molecule has 0 fully saturated rings. The summed E-state index contributed by atoms with van der Waals surface area (Å²) < 4.78 is 48.0. The molecule has 2 heterocycles. The van der Waals surface area contributed by atoms with Crippen molar-refractivity contribution in [1.82, 2.24) is 9.78 Å². The average molecular weight is 624 g/mol. The standard InChI is InChI=1S/C27H34ClN3O6S2Si/c1-35-22-11-7-10-21-25(22)26(29-30(21)17-19-8-6-9-20(16-19)27(32)36-2)31(18-37-14-15-40(3,4)5)39(33,34)24-13-12-23(28)38-24/h6-13,16,27,32H,14-15,17-18H2,1-5H3. The van der Waals surface area contributed by atoms with Gasteiger partial charge in [-0.25, -0.2) is 12.7 Å². The van der Waals surface area contributed by atoms with Gasteiger partial charge in [-0.3, -0.25) is 4.68 Å². The Bertz CT molecular complexity index is 1570. The van der Waals surface area contributed by atoms with Crippen LogP contribution in [0, 0.1) is 0 Å². The van der Waals surface area contributed by atoms with Crippen LogP contribution in [0.15, 0.2) is 58.8 Å². The fraction of sp³-hybridized carbons (Fsp3) is 0.370. The van der Waals surface area contributed by atoms with E-state index >= 15 is 0 Å². The van der Waals surface area contributed by atoms with Gasteiger partial charge in [-0.1, -0.05) is 55.5 Å². The first kappa shape index (κ1) is 30.5. The van der Waals surface area contributed by atoms with Crippen LogP contribution < -0.4 is 9.04 Å². The second kappa shape index (κ2) is 12.6. The summed E-state index contributed by atoms with van der Waals surface area (Å²) in [6, 6.07) is 16.7. The number of methoxy groups -OCH3 is 2. The summed E-state index contributed by atoms with van der Waals surface area (Å²) in [4.78, 5) is 0. The lowest BCUT2D eigenvalue weighted by Gasteiger charge is -2.23. The second-order valence-electron chi connectivity index (χ2n) is 10.4. The van der Waals surface area contributed by atoms with Crippen molar-refractivity contribution in [3.05, 3.63) is 70.1 Å². The lowest BCUT2D eigenvalue weighted by Crippen LogP contribution is -2.34. The highest BCUT2D eigenvalue weighted by Gasteiger charge is 2.32. The predicted octanol–water partition coefficient (Wildman–Crippen LogP) is 5.95. The van der Waals surface area contributed by atoms with E-state index in [9.17, 15) is 13.5 Å². The second-order valence-corrected chi connectivity index (χ2v) is 19.9. The van der Waals surface area contributed by atoms with Crippen molar-refractivity contribution < 1.29 is 27.7 Å². The number of sulfonamides is 1. The molecule has 0 radical (unpaired) electrons. The number of hydrogen-bond donors (Lipinski definition) is 1. The fourth-order valence-electron chi connectivity index (χ4n) is 4.11. The number of nitrogens with zero attached hydrogens (tertiary/aromatic N) is 3. The molecule has 0 bridgehead atoms. The van der Waals surface area contributed by atoms with Crippen molar-refractivity contribution in [3.8, 4) is 5.75 Å².